The Morgan fingerprint density at radius 3 is 2.58 bits per heavy atom. The molecule has 1 aromatic heterocycles. The molecule has 0 spiro atoms. The van der Waals surface area contributed by atoms with Gasteiger partial charge in [0.25, 0.3) is 0 Å². The smallest absolute Gasteiger partial charge is 0.321 e. The van der Waals surface area contributed by atoms with Crippen LogP contribution in [0.5, 0.6) is 0 Å². The van der Waals surface area contributed by atoms with Crippen LogP contribution in [0.4, 0.5) is 4.79 Å². The fourth-order valence-electron chi connectivity index (χ4n) is 2.43. The van der Waals surface area contributed by atoms with E-state index in [9.17, 15) is 9.59 Å². The zero-order valence-electron chi connectivity index (χ0n) is 13.5. The predicted molar refractivity (Wildman–Crippen MR) is 90.7 cm³/mol. The molecule has 0 bridgehead atoms. The molecule has 1 saturated carbocycles. The van der Waals surface area contributed by atoms with Crippen LogP contribution < -0.4 is 10.6 Å². The maximum atomic E-state index is 12.6. The number of aryl methyl sites for hydroxylation is 1. The molecule has 24 heavy (non-hydrogen) atoms. The molecule has 1 unspecified atom stereocenters. The van der Waals surface area contributed by atoms with Crippen LogP contribution in [0.25, 0.3) is 0 Å². The number of carbonyl (C=O) groups excluding carboxylic acids is 2. The van der Waals surface area contributed by atoms with Crippen molar-refractivity contribution in [1.82, 2.24) is 25.4 Å². The predicted octanol–water partition coefficient (Wildman–Crippen LogP) is 2.21. The number of rotatable bonds is 5. The lowest BCUT2D eigenvalue weighted by molar-refractivity contribution is -0.119. The van der Waals surface area contributed by atoms with E-state index in [4.69, 9.17) is 0 Å². The van der Waals surface area contributed by atoms with Crippen LogP contribution in [0.15, 0.2) is 35.5 Å². The molecular formula is C16H19N5O2S. The lowest BCUT2D eigenvalue weighted by atomic mass is 10.1. The van der Waals surface area contributed by atoms with Crippen molar-refractivity contribution in [2.45, 2.75) is 36.2 Å². The number of benzene rings is 1. The summed E-state index contributed by atoms with van der Waals surface area (Å²) in [5.41, 5.74) is 0.812. The average molecular weight is 345 g/mol. The van der Waals surface area contributed by atoms with Crippen molar-refractivity contribution in [3.8, 4) is 0 Å². The summed E-state index contributed by atoms with van der Waals surface area (Å²) in [6.07, 6.45) is 2.21. The first-order valence-corrected chi connectivity index (χ1v) is 8.63. The normalized spacial score (nSPS) is 14.9. The quantitative estimate of drug-likeness (QED) is 0.811. The van der Waals surface area contributed by atoms with Gasteiger partial charge in [0.2, 0.25) is 5.91 Å². The number of nitrogens with one attached hydrogen (secondary N) is 2. The Morgan fingerprint density at radius 2 is 1.96 bits per heavy atom. The Hall–Kier alpha value is -2.35. The van der Waals surface area contributed by atoms with Crippen LogP contribution >= 0.6 is 11.8 Å². The van der Waals surface area contributed by atoms with Crippen molar-refractivity contribution in [2.75, 3.05) is 7.05 Å². The van der Waals surface area contributed by atoms with Crippen LogP contribution in [0.1, 0.15) is 35.5 Å². The molecule has 0 aliphatic heterocycles. The standard InChI is InChI=1S/C16H19N5O2S/c1-10-19-20-16(21(10)12-8-9-12)24-13(11-6-4-3-5-7-11)14(22)18-15(23)17-2/h3-7,12-13H,8-9H2,1-2H3,(H2,17,18,22,23). The van der Waals surface area contributed by atoms with Gasteiger partial charge in [-0.05, 0) is 25.3 Å². The highest BCUT2D eigenvalue weighted by Crippen LogP contribution is 2.42. The van der Waals surface area contributed by atoms with E-state index in [2.05, 4.69) is 25.4 Å². The Morgan fingerprint density at radius 1 is 1.25 bits per heavy atom. The van der Waals surface area contributed by atoms with E-state index in [0.717, 1.165) is 24.2 Å². The van der Waals surface area contributed by atoms with Crippen molar-refractivity contribution in [3.05, 3.63) is 41.7 Å². The van der Waals surface area contributed by atoms with Gasteiger partial charge in [-0.25, -0.2) is 4.79 Å². The SMILES string of the molecule is CNC(=O)NC(=O)C(Sc1nnc(C)n1C1CC1)c1ccccc1. The molecule has 7 nitrogen and oxygen atoms in total. The topological polar surface area (TPSA) is 88.9 Å². The van der Waals surface area contributed by atoms with Crippen molar-refractivity contribution in [2.24, 2.45) is 0 Å². The van der Waals surface area contributed by atoms with Gasteiger partial charge >= 0.3 is 6.03 Å². The number of carbonyl (C=O) groups is 2. The maximum Gasteiger partial charge on any atom is 0.321 e. The van der Waals surface area contributed by atoms with Gasteiger partial charge in [0.1, 0.15) is 11.1 Å². The Labute approximate surface area is 144 Å². The molecule has 3 rings (SSSR count). The average Bonchev–Trinajstić information content (AvgIpc) is 3.36. The van der Waals surface area contributed by atoms with Crippen LogP contribution in [0.3, 0.4) is 0 Å². The fraction of sp³-hybridized carbons (Fsp3) is 0.375. The number of hydrogen-bond donors (Lipinski definition) is 2. The van der Waals surface area contributed by atoms with E-state index in [1.54, 1.807) is 0 Å². The van der Waals surface area contributed by atoms with Gasteiger partial charge in [-0.1, -0.05) is 42.1 Å². The summed E-state index contributed by atoms with van der Waals surface area (Å²) in [4.78, 5) is 24.1. The van der Waals surface area contributed by atoms with E-state index >= 15 is 0 Å². The molecule has 1 fully saturated rings. The van der Waals surface area contributed by atoms with Gasteiger partial charge in [-0.15, -0.1) is 10.2 Å². The molecule has 8 heteroatoms. The van der Waals surface area contributed by atoms with Crippen molar-refractivity contribution in [1.29, 1.82) is 0 Å². The molecule has 1 aliphatic rings. The van der Waals surface area contributed by atoms with E-state index in [1.165, 1.54) is 18.8 Å². The van der Waals surface area contributed by atoms with E-state index in [-0.39, 0.29) is 5.91 Å². The second-order valence-electron chi connectivity index (χ2n) is 5.61. The van der Waals surface area contributed by atoms with Crippen molar-refractivity contribution in [3.63, 3.8) is 0 Å². The van der Waals surface area contributed by atoms with Gasteiger partial charge in [0.15, 0.2) is 5.16 Å². The summed E-state index contributed by atoms with van der Waals surface area (Å²) in [5, 5.41) is 13.2. The first kappa shape index (κ1) is 16.5. The van der Waals surface area contributed by atoms with Crippen LogP contribution in [0.2, 0.25) is 0 Å². The third-order valence-electron chi connectivity index (χ3n) is 3.77. The van der Waals surface area contributed by atoms with Gasteiger partial charge in [0.05, 0.1) is 0 Å². The summed E-state index contributed by atoms with van der Waals surface area (Å²) in [7, 11) is 1.47. The minimum absolute atomic E-state index is 0.381. The maximum absolute atomic E-state index is 12.6. The molecular weight excluding hydrogens is 326 g/mol. The fourth-order valence-corrected chi connectivity index (χ4v) is 3.58. The second-order valence-corrected chi connectivity index (χ2v) is 6.68. The molecule has 1 heterocycles. The number of imide groups is 1. The van der Waals surface area contributed by atoms with Gasteiger partial charge in [-0.3, -0.25) is 10.1 Å². The van der Waals surface area contributed by atoms with E-state index < -0.39 is 11.3 Å². The number of aromatic nitrogens is 3. The number of amides is 3. The first-order valence-electron chi connectivity index (χ1n) is 7.76. The third kappa shape index (κ3) is 3.59. The number of hydrogen-bond acceptors (Lipinski definition) is 5. The highest BCUT2D eigenvalue weighted by Gasteiger charge is 2.31. The molecule has 3 amide bonds. The second kappa shape index (κ2) is 7.04. The minimum Gasteiger partial charge on any atom is -0.341 e. The van der Waals surface area contributed by atoms with E-state index in [0.29, 0.717) is 11.2 Å². The third-order valence-corrected chi connectivity index (χ3v) is 4.99. The molecule has 1 aromatic carbocycles. The zero-order chi connectivity index (χ0) is 17.1. The number of urea groups is 1. The molecule has 0 radical (unpaired) electrons. The van der Waals surface area contributed by atoms with Gasteiger partial charge in [-0.2, -0.15) is 0 Å². The summed E-state index contributed by atoms with van der Waals surface area (Å²) in [6, 6.07) is 9.25. The number of thioether (sulfide) groups is 1. The molecule has 1 atom stereocenters. The van der Waals surface area contributed by atoms with Gasteiger partial charge in [0, 0.05) is 13.1 Å². The van der Waals surface area contributed by atoms with Crippen molar-refractivity contribution >= 4 is 23.7 Å². The monoisotopic (exact) mass is 345 g/mol. The molecule has 126 valence electrons. The lowest BCUT2D eigenvalue weighted by Gasteiger charge is -2.16. The molecule has 1 aliphatic carbocycles. The highest BCUT2D eigenvalue weighted by atomic mass is 32.2. The minimum atomic E-state index is -0.579. The summed E-state index contributed by atoms with van der Waals surface area (Å²) >= 11 is 1.32. The van der Waals surface area contributed by atoms with Crippen LogP contribution in [-0.4, -0.2) is 33.8 Å². The molecule has 2 aromatic rings. The zero-order valence-corrected chi connectivity index (χ0v) is 14.3. The first-order chi connectivity index (χ1) is 11.6. The Balaban J connectivity index is 1.88. The largest absolute Gasteiger partial charge is 0.341 e. The number of nitrogens with zero attached hydrogens (tertiary/aromatic N) is 3. The summed E-state index contributed by atoms with van der Waals surface area (Å²) < 4.78 is 2.08. The Bertz CT molecular complexity index is 742. The molecule has 0 saturated heterocycles. The van der Waals surface area contributed by atoms with Crippen LogP contribution in [0, 0.1) is 6.92 Å². The van der Waals surface area contributed by atoms with Crippen LogP contribution in [-0.2, 0) is 4.79 Å². The molecule has 2 N–H and O–H groups in total. The summed E-state index contributed by atoms with van der Waals surface area (Å²) in [5.74, 6) is 0.465. The Kier molecular flexibility index (Phi) is 4.84. The van der Waals surface area contributed by atoms with Crippen molar-refractivity contribution < 1.29 is 9.59 Å². The van der Waals surface area contributed by atoms with E-state index in [1.807, 2.05) is 37.3 Å². The highest BCUT2D eigenvalue weighted by molar-refractivity contribution is 8.00. The van der Waals surface area contributed by atoms with Gasteiger partial charge < -0.3 is 9.88 Å². The lowest BCUT2D eigenvalue weighted by Crippen LogP contribution is -2.39. The summed E-state index contributed by atoms with van der Waals surface area (Å²) in [6.45, 7) is 1.91.